The predicted molar refractivity (Wildman–Crippen MR) is 39.7 cm³/mol. The van der Waals surface area contributed by atoms with Crippen LogP contribution in [0.1, 0.15) is 0 Å². The smallest absolute Gasteiger partial charge is 0.138 e. The first-order chi connectivity index (χ1) is 3.41. The zero-order valence-corrected chi connectivity index (χ0v) is 6.75. The molecule has 0 saturated heterocycles. The van der Waals surface area contributed by atoms with Crippen molar-refractivity contribution in [2.24, 2.45) is 0 Å². The third-order valence-electron chi connectivity index (χ3n) is 0.212. The number of nitrogens with one attached hydrogen (secondary N) is 1. The van der Waals surface area contributed by atoms with E-state index < -0.39 is 0 Å². The maximum Gasteiger partial charge on any atom is 0.138 e. The van der Waals surface area contributed by atoms with Gasteiger partial charge in [-0.1, -0.05) is 12.8 Å². The summed E-state index contributed by atoms with van der Waals surface area (Å²) >= 11 is 8.16. The molecule has 0 atom stereocenters. The molecule has 0 heterocycles. The van der Waals surface area contributed by atoms with Gasteiger partial charge in [0, 0.05) is 0 Å². The lowest BCUT2D eigenvalue weighted by molar-refractivity contribution is 0.370. The Morgan fingerprint density at radius 2 is 2.71 bits per heavy atom. The van der Waals surface area contributed by atoms with Gasteiger partial charge in [0.25, 0.3) is 0 Å². The fourth-order valence-electron chi connectivity index (χ4n) is 0.0767. The molecular weight excluding hydrogens is 169 g/mol. The van der Waals surface area contributed by atoms with E-state index in [4.69, 9.17) is 4.52 Å². The molecule has 0 aromatic carbocycles. The van der Waals surface area contributed by atoms with Crippen LogP contribution in [0.4, 0.5) is 0 Å². The molecule has 0 unspecified atom stereocenters. The lowest BCUT2D eigenvalue weighted by Gasteiger charge is -1.86. The molecule has 0 radical (unpaired) electrons. The molecule has 1 N–H and O–H groups in total. The monoisotopic (exact) mass is 173 g/mol. The Bertz CT molecular complexity index is 81.0. The van der Waals surface area contributed by atoms with Crippen LogP contribution in [0.3, 0.4) is 0 Å². The molecule has 0 bridgehead atoms. The van der Waals surface area contributed by atoms with E-state index in [9.17, 15) is 0 Å². The van der Waals surface area contributed by atoms with Crippen LogP contribution in [0.25, 0.3) is 0 Å². The molecule has 0 aromatic rings. The average Bonchev–Trinajstić information content (AvgIpc) is 1.69. The lowest BCUT2D eigenvalue weighted by atomic mass is 11.4. The Hall–Kier alpha value is 1.01. The van der Waals surface area contributed by atoms with E-state index in [-0.39, 0.29) is 0 Å². The highest BCUT2D eigenvalue weighted by Crippen LogP contribution is 1.91. The number of rotatable bonds is 3. The minimum absolute atomic E-state index is 0.439. The summed E-state index contributed by atoms with van der Waals surface area (Å²) in [6.07, 6.45) is 0. The van der Waals surface area contributed by atoms with Crippen molar-refractivity contribution in [2.45, 2.75) is 0 Å². The average molecular weight is 173 g/mol. The van der Waals surface area contributed by atoms with Crippen LogP contribution in [0.15, 0.2) is 0 Å². The Labute approximate surface area is 57.3 Å². The van der Waals surface area contributed by atoms with Gasteiger partial charge >= 0.3 is 0 Å². The Kier molecular flexibility index (Phi) is 8.02. The molecule has 0 fully saturated rings. The lowest BCUT2D eigenvalue weighted by Crippen LogP contribution is -1.98. The predicted octanol–water partition coefficient (Wildman–Crippen LogP) is 0.716. The SMILES string of the molecule is S=S=POCNS. The largest absolute Gasteiger partial charge is 0.301 e. The summed E-state index contributed by atoms with van der Waals surface area (Å²) in [6.45, 7) is 0.439. The summed E-state index contributed by atoms with van der Waals surface area (Å²) in [4.78, 5) is 0. The molecule has 0 aliphatic carbocycles. The number of thiol groups is 1. The first kappa shape index (κ1) is 8.01. The Morgan fingerprint density at radius 1 is 2.00 bits per heavy atom. The van der Waals surface area contributed by atoms with Crippen molar-refractivity contribution in [2.75, 3.05) is 6.73 Å². The van der Waals surface area contributed by atoms with E-state index in [1.807, 2.05) is 0 Å². The minimum atomic E-state index is 0.439. The van der Waals surface area contributed by atoms with E-state index in [1.54, 1.807) is 0 Å². The van der Waals surface area contributed by atoms with Crippen LogP contribution in [-0.2, 0) is 25.2 Å². The Balaban J connectivity index is 2.83. The van der Waals surface area contributed by atoms with Gasteiger partial charge in [0.15, 0.2) is 0 Å². The van der Waals surface area contributed by atoms with Crippen LogP contribution >= 0.6 is 20.4 Å². The molecule has 0 aromatic heterocycles. The molecule has 0 aliphatic heterocycles. The second-order valence-electron chi connectivity index (χ2n) is 0.581. The van der Waals surface area contributed by atoms with Crippen molar-refractivity contribution < 1.29 is 4.52 Å². The number of hydrogen-bond donors (Lipinski definition) is 2. The van der Waals surface area contributed by atoms with Gasteiger partial charge in [-0.25, -0.2) is 4.72 Å². The first-order valence-corrected chi connectivity index (χ1v) is 5.00. The van der Waals surface area contributed by atoms with Crippen LogP contribution in [-0.4, -0.2) is 6.73 Å². The maximum atomic E-state index is 4.78. The fourth-order valence-corrected chi connectivity index (χ4v) is 1.08. The maximum absolute atomic E-state index is 4.78. The molecule has 42 valence electrons. The molecular formula is CH4NOPS3. The Morgan fingerprint density at radius 3 is 3.14 bits per heavy atom. The first-order valence-electron chi connectivity index (χ1n) is 1.40. The highest BCUT2D eigenvalue weighted by atomic mass is 32.9. The van der Waals surface area contributed by atoms with E-state index >= 15 is 0 Å². The topological polar surface area (TPSA) is 21.3 Å². The third-order valence-corrected chi connectivity index (χ3v) is 1.68. The van der Waals surface area contributed by atoms with E-state index in [2.05, 4.69) is 28.7 Å². The molecule has 0 aliphatic rings. The van der Waals surface area contributed by atoms with Gasteiger partial charge in [-0.05, 0) is 20.7 Å². The molecule has 2 nitrogen and oxygen atoms in total. The summed E-state index contributed by atoms with van der Waals surface area (Å²) in [6, 6.07) is 0. The van der Waals surface area contributed by atoms with E-state index in [0.717, 1.165) is 7.58 Å². The van der Waals surface area contributed by atoms with Crippen LogP contribution in [0, 0.1) is 0 Å². The normalized spacial score (nSPS) is 9.29. The second kappa shape index (κ2) is 7.01. The van der Waals surface area contributed by atoms with Crippen LogP contribution in [0.5, 0.6) is 0 Å². The summed E-state index contributed by atoms with van der Waals surface area (Å²) in [7, 11) is 1.95. The van der Waals surface area contributed by atoms with Gasteiger partial charge in [-0.3, -0.25) is 0 Å². The van der Waals surface area contributed by atoms with E-state index in [1.165, 1.54) is 9.50 Å². The fraction of sp³-hybridized carbons (Fsp3) is 1.00. The van der Waals surface area contributed by atoms with Gasteiger partial charge < -0.3 is 4.52 Å². The van der Waals surface area contributed by atoms with Gasteiger partial charge in [-0.15, -0.1) is 0 Å². The minimum Gasteiger partial charge on any atom is -0.301 e. The molecule has 7 heavy (non-hydrogen) atoms. The van der Waals surface area contributed by atoms with Crippen molar-refractivity contribution in [1.29, 1.82) is 0 Å². The van der Waals surface area contributed by atoms with Gasteiger partial charge in [0.2, 0.25) is 0 Å². The third kappa shape index (κ3) is 7.01. The molecule has 6 heteroatoms. The zero-order chi connectivity index (χ0) is 5.54. The molecule has 0 amide bonds. The zero-order valence-electron chi connectivity index (χ0n) is 3.33. The van der Waals surface area contributed by atoms with Crippen molar-refractivity contribution >= 4 is 41.1 Å². The number of hydrogen-bond acceptors (Lipinski definition) is 4. The quantitative estimate of drug-likeness (QED) is 0.284. The van der Waals surface area contributed by atoms with Crippen LogP contribution in [0.2, 0.25) is 0 Å². The second-order valence-corrected chi connectivity index (χ2v) is 3.69. The summed E-state index contributed by atoms with van der Waals surface area (Å²) in [5.74, 6) is 0. The van der Waals surface area contributed by atoms with E-state index in [0.29, 0.717) is 6.73 Å². The van der Waals surface area contributed by atoms with Gasteiger partial charge in [0.1, 0.15) is 14.3 Å². The highest BCUT2D eigenvalue weighted by molar-refractivity contribution is 8.30. The molecule has 0 spiro atoms. The highest BCUT2D eigenvalue weighted by Gasteiger charge is 1.70. The van der Waals surface area contributed by atoms with Crippen molar-refractivity contribution in [3.05, 3.63) is 0 Å². The summed E-state index contributed by atoms with van der Waals surface area (Å²) in [5, 5.41) is 0. The standard InChI is InChI=1S/CH4NOPS3/c5-2-1-3-4-7-6/h2,5H,1H2. The van der Waals surface area contributed by atoms with Gasteiger partial charge in [-0.2, -0.15) is 0 Å². The van der Waals surface area contributed by atoms with Crippen LogP contribution < -0.4 is 4.72 Å². The summed E-state index contributed by atoms with van der Waals surface area (Å²) < 4.78 is 7.28. The summed E-state index contributed by atoms with van der Waals surface area (Å²) in [5.41, 5.74) is 0. The van der Waals surface area contributed by atoms with Crippen molar-refractivity contribution in [3.63, 3.8) is 0 Å². The van der Waals surface area contributed by atoms with Gasteiger partial charge in [0.05, 0.1) is 0 Å². The molecule has 0 rings (SSSR count). The van der Waals surface area contributed by atoms with Crippen molar-refractivity contribution in [3.8, 4) is 0 Å². The molecule has 0 saturated carbocycles. The van der Waals surface area contributed by atoms with Crippen molar-refractivity contribution in [1.82, 2.24) is 4.72 Å².